The number of aromatic nitrogens is 2. The number of benzene rings is 1. The highest BCUT2D eigenvalue weighted by Gasteiger charge is 2.16. The number of ether oxygens (including phenoxy) is 1. The molecule has 0 spiro atoms. The molecule has 0 atom stereocenters. The quantitative estimate of drug-likeness (QED) is 0.937. The highest BCUT2D eigenvalue weighted by molar-refractivity contribution is 6.33. The third-order valence-corrected chi connectivity index (χ3v) is 3.64. The number of nitrogens with zero attached hydrogens (tertiary/aromatic N) is 2. The highest BCUT2D eigenvalue weighted by Crippen LogP contribution is 2.29. The van der Waals surface area contributed by atoms with E-state index in [-0.39, 0.29) is 0 Å². The molecule has 0 radical (unpaired) electrons. The topological polar surface area (TPSA) is 39.1 Å². The van der Waals surface area contributed by atoms with Crippen molar-refractivity contribution in [2.45, 2.75) is 18.9 Å². The third-order valence-electron chi connectivity index (χ3n) is 3.33. The predicted octanol–water partition coefficient (Wildman–Crippen LogP) is 3.12. The lowest BCUT2D eigenvalue weighted by Gasteiger charge is -2.25. The first kappa shape index (κ1) is 12.5. The van der Waals surface area contributed by atoms with E-state index in [1.54, 1.807) is 12.5 Å². The van der Waals surface area contributed by atoms with Crippen LogP contribution < -0.4 is 5.32 Å². The molecule has 0 saturated carbocycles. The van der Waals surface area contributed by atoms with Crippen molar-refractivity contribution in [1.82, 2.24) is 9.55 Å². The van der Waals surface area contributed by atoms with Crippen LogP contribution in [0.5, 0.6) is 0 Å². The van der Waals surface area contributed by atoms with Gasteiger partial charge in [0.2, 0.25) is 0 Å². The van der Waals surface area contributed by atoms with Crippen LogP contribution in [-0.4, -0.2) is 28.8 Å². The summed E-state index contributed by atoms with van der Waals surface area (Å²) in [6, 6.07) is 6.35. The van der Waals surface area contributed by atoms with Crippen molar-refractivity contribution < 1.29 is 4.74 Å². The van der Waals surface area contributed by atoms with Crippen LogP contribution in [-0.2, 0) is 4.74 Å². The van der Waals surface area contributed by atoms with Gasteiger partial charge in [-0.1, -0.05) is 17.7 Å². The zero-order valence-corrected chi connectivity index (χ0v) is 11.3. The Labute approximate surface area is 117 Å². The minimum Gasteiger partial charge on any atom is -0.381 e. The van der Waals surface area contributed by atoms with Crippen LogP contribution in [0.2, 0.25) is 5.02 Å². The molecular formula is C14H16ClN3O. The molecule has 1 aliphatic heterocycles. The van der Waals surface area contributed by atoms with E-state index in [0.29, 0.717) is 6.04 Å². The average molecular weight is 278 g/mol. The Bertz CT molecular complexity index is 536. The van der Waals surface area contributed by atoms with E-state index in [2.05, 4.69) is 16.4 Å². The summed E-state index contributed by atoms with van der Waals surface area (Å²) < 4.78 is 7.32. The summed E-state index contributed by atoms with van der Waals surface area (Å²) in [6.07, 6.45) is 7.46. The molecule has 0 bridgehead atoms. The van der Waals surface area contributed by atoms with Gasteiger partial charge in [-0.3, -0.25) is 0 Å². The van der Waals surface area contributed by atoms with E-state index in [1.165, 1.54) is 0 Å². The Morgan fingerprint density at radius 3 is 2.89 bits per heavy atom. The van der Waals surface area contributed by atoms with Crippen LogP contribution in [0, 0.1) is 0 Å². The standard InChI is InChI=1S/C14H16ClN3O/c15-12-2-1-3-13(14(12)18-7-6-16-10-18)17-11-4-8-19-9-5-11/h1-3,6-7,10-11,17H,4-5,8-9H2. The summed E-state index contributed by atoms with van der Waals surface area (Å²) in [7, 11) is 0. The SMILES string of the molecule is Clc1cccc(NC2CCOCC2)c1-n1ccnc1. The largest absolute Gasteiger partial charge is 0.381 e. The monoisotopic (exact) mass is 277 g/mol. The molecule has 1 N–H and O–H groups in total. The van der Waals surface area contributed by atoms with E-state index in [4.69, 9.17) is 16.3 Å². The molecule has 1 saturated heterocycles. The molecule has 1 aromatic heterocycles. The van der Waals surface area contributed by atoms with E-state index >= 15 is 0 Å². The lowest BCUT2D eigenvalue weighted by molar-refractivity contribution is 0.0904. The fourth-order valence-electron chi connectivity index (χ4n) is 2.35. The summed E-state index contributed by atoms with van der Waals surface area (Å²) in [5.74, 6) is 0. The minimum atomic E-state index is 0.439. The smallest absolute Gasteiger partial charge is 0.0992 e. The fourth-order valence-corrected chi connectivity index (χ4v) is 2.62. The van der Waals surface area contributed by atoms with Crippen molar-refractivity contribution >= 4 is 17.3 Å². The number of para-hydroxylation sites is 1. The van der Waals surface area contributed by atoms with Gasteiger partial charge in [-0.25, -0.2) is 4.98 Å². The molecule has 0 amide bonds. The molecule has 19 heavy (non-hydrogen) atoms. The molecule has 0 aliphatic carbocycles. The van der Waals surface area contributed by atoms with Crippen LogP contribution in [0.3, 0.4) is 0 Å². The first-order chi connectivity index (χ1) is 9.34. The molecule has 2 heterocycles. The lowest BCUT2D eigenvalue weighted by atomic mass is 10.1. The van der Waals surface area contributed by atoms with Gasteiger partial charge in [0, 0.05) is 31.6 Å². The predicted molar refractivity (Wildman–Crippen MR) is 76.0 cm³/mol. The summed E-state index contributed by atoms with van der Waals surface area (Å²) in [4.78, 5) is 4.08. The summed E-state index contributed by atoms with van der Waals surface area (Å²) in [6.45, 7) is 1.64. The van der Waals surface area contributed by atoms with Gasteiger partial charge in [-0.15, -0.1) is 0 Å². The second-order valence-electron chi connectivity index (χ2n) is 4.64. The Morgan fingerprint density at radius 1 is 1.32 bits per heavy atom. The summed E-state index contributed by atoms with van der Waals surface area (Å²) in [5, 5.41) is 4.28. The zero-order chi connectivity index (χ0) is 13.1. The number of hydrogen-bond acceptors (Lipinski definition) is 3. The zero-order valence-electron chi connectivity index (χ0n) is 10.6. The first-order valence-electron chi connectivity index (χ1n) is 6.46. The normalized spacial score (nSPS) is 16.5. The summed E-state index contributed by atoms with van der Waals surface area (Å²) >= 11 is 6.33. The van der Waals surface area contributed by atoms with Gasteiger partial charge in [0.15, 0.2) is 0 Å². The van der Waals surface area contributed by atoms with Crippen molar-refractivity contribution in [2.24, 2.45) is 0 Å². The minimum absolute atomic E-state index is 0.439. The Kier molecular flexibility index (Phi) is 3.71. The Balaban J connectivity index is 1.90. The van der Waals surface area contributed by atoms with Gasteiger partial charge < -0.3 is 14.6 Å². The number of halogens is 1. The van der Waals surface area contributed by atoms with Crippen molar-refractivity contribution in [1.29, 1.82) is 0 Å². The number of nitrogens with one attached hydrogen (secondary N) is 1. The molecule has 3 rings (SSSR count). The van der Waals surface area contributed by atoms with Crippen LogP contribution in [0.1, 0.15) is 12.8 Å². The van der Waals surface area contributed by atoms with Crippen molar-refractivity contribution in [3.05, 3.63) is 41.9 Å². The molecule has 1 aromatic carbocycles. The fraction of sp³-hybridized carbons (Fsp3) is 0.357. The molecule has 0 unspecified atom stereocenters. The van der Waals surface area contributed by atoms with E-state index in [0.717, 1.165) is 42.5 Å². The van der Waals surface area contributed by atoms with E-state index in [1.807, 2.05) is 22.9 Å². The van der Waals surface area contributed by atoms with E-state index in [9.17, 15) is 0 Å². The molecule has 1 fully saturated rings. The highest BCUT2D eigenvalue weighted by atomic mass is 35.5. The van der Waals surface area contributed by atoms with Gasteiger partial charge in [0.05, 0.1) is 22.7 Å². The number of rotatable bonds is 3. The molecular weight excluding hydrogens is 262 g/mol. The van der Waals surface area contributed by atoms with Gasteiger partial charge >= 0.3 is 0 Å². The van der Waals surface area contributed by atoms with Crippen LogP contribution in [0.4, 0.5) is 5.69 Å². The number of imidazole rings is 1. The third kappa shape index (κ3) is 2.74. The maximum absolute atomic E-state index is 6.33. The van der Waals surface area contributed by atoms with Gasteiger partial charge in [0.1, 0.15) is 0 Å². The molecule has 4 nitrogen and oxygen atoms in total. The van der Waals surface area contributed by atoms with Crippen LogP contribution in [0.25, 0.3) is 5.69 Å². The van der Waals surface area contributed by atoms with Crippen molar-refractivity contribution in [3.8, 4) is 5.69 Å². The van der Waals surface area contributed by atoms with Crippen LogP contribution in [0.15, 0.2) is 36.9 Å². The Morgan fingerprint density at radius 2 is 2.16 bits per heavy atom. The average Bonchev–Trinajstić information content (AvgIpc) is 2.94. The van der Waals surface area contributed by atoms with Gasteiger partial charge in [-0.05, 0) is 25.0 Å². The van der Waals surface area contributed by atoms with E-state index < -0.39 is 0 Å². The number of anilines is 1. The molecule has 5 heteroatoms. The van der Waals surface area contributed by atoms with Gasteiger partial charge in [-0.2, -0.15) is 0 Å². The van der Waals surface area contributed by atoms with Crippen molar-refractivity contribution in [3.63, 3.8) is 0 Å². The Hall–Kier alpha value is -1.52. The maximum atomic E-state index is 6.33. The van der Waals surface area contributed by atoms with Crippen molar-refractivity contribution in [2.75, 3.05) is 18.5 Å². The summed E-state index contributed by atoms with van der Waals surface area (Å²) in [5.41, 5.74) is 1.99. The lowest BCUT2D eigenvalue weighted by Crippen LogP contribution is -2.28. The van der Waals surface area contributed by atoms with Gasteiger partial charge in [0.25, 0.3) is 0 Å². The maximum Gasteiger partial charge on any atom is 0.0992 e. The second kappa shape index (κ2) is 5.63. The second-order valence-corrected chi connectivity index (χ2v) is 5.04. The first-order valence-corrected chi connectivity index (χ1v) is 6.83. The molecule has 100 valence electrons. The van der Waals surface area contributed by atoms with Crippen LogP contribution >= 0.6 is 11.6 Å². The molecule has 2 aromatic rings. The number of hydrogen-bond donors (Lipinski definition) is 1. The molecule has 1 aliphatic rings.